The van der Waals surface area contributed by atoms with Crippen LogP contribution in [0, 0.1) is 10.1 Å². The third-order valence-electron chi connectivity index (χ3n) is 2.65. The molecule has 2 aromatic carbocycles. The highest BCUT2D eigenvalue weighted by Gasteiger charge is 2.08. The summed E-state index contributed by atoms with van der Waals surface area (Å²) in [6, 6.07) is 10.9. The van der Waals surface area contributed by atoms with Crippen molar-refractivity contribution in [2.75, 3.05) is 0 Å². The molecule has 0 aliphatic carbocycles. The second-order valence-electron chi connectivity index (χ2n) is 4.09. The molecule has 0 aromatic heterocycles. The minimum Gasteiger partial charge on any atom is -0.506 e. The topological polar surface area (TPSA) is 75.7 Å². The quantitative estimate of drug-likeness (QED) is 0.517. The van der Waals surface area contributed by atoms with E-state index >= 15 is 0 Å². The molecule has 21 heavy (non-hydrogen) atoms. The highest BCUT2D eigenvalue weighted by atomic mass is 35.5. The fraction of sp³-hybridized carbons (Fsp3) is 0. The van der Waals surface area contributed by atoms with E-state index in [4.69, 9.17) is 11.6 Å². The number of nitro benzene ring substituents is 1. The van der Waals surface area contributed by atoms with Crippen molar-refractivity contribution in [1.29, 1.82) is 0 Å². The van der Waals surface area contributed by atoms with Gasteiger partial charge in [0.2, 0.25) is 0 Å². The molecule has 0 bridgehead atoms. The summed E-state index contributed by atoms with van der Waals surface area (Å²) in [6.07, 6.45) is 4.56. The van der Waals surface area contributed by atoms with E-state index in [-0.39, 0.29) is 11.4 Å². The zero-order chi connectivity index (χ0) is 15.2. The lowest BCUT2D eigenvalue weighted by molar-refractivity contribution is -0.385. The van der Waals surface area contributed by atoms with Crippen LogP contribution in [0.3, 0.4) is 0 Å². The maximum atomic E-state index is 10.8. The Balaban J connectivity index is 2.18. The molecule has 0 atom stereocenters. The highest BCUT2D eigenvalue weighted by molar-refractivity contribution is 6.30. The number of allylic oxidation sites excluding steroid dienone is 1. The smallest absolute Gasteiger partial charge is 0.276 e. The van der Waals surface area contributed by atoms with Gasteiger partial charge in [-0.1, -0.05) is 23.7 Å². The first kappa shape index (κ1) is 14.7. The van der Waals surface area contributed by atoms with Crippen molar-refractivity contribution in [3.63, 3.8) is 0 Å². The standard InChI is InChI=1S/C15H11ClN2O3/c16-12-7-8-15(19)13(10-12)17-9-3-5-11-4-1-2-6-14(11)18(20)21/h1-10,19H/b5-3+,17-9?. The number of para-hydroxylation sites is 1. The highest BCUT2D eigenvalue weighted by Crippen LogP contribution is 2.28. The van der Waals surface area contributed by atoms with Gasteiger partial charge in [-0.2, -0.15) is 0 Å². The van der Waals surface area contributed by atoms with Gasteiger partial charge >= 0.3 is 0 Å². The molecule has 0 unspecified atom stereocenters. The minimum absolute atomic E-state index is 0.00902. The van der Waals surface area contributed by atoms with Crippen molar-refractivity contribution in [3.8, 4) is 5.75 Å². The fourth-order valence-electron chi connectivity index (χ4n) is 1.66. The summed E-state index contributed by atoms with van der Waals surface area (Å²) in [4.78, 5) is 14.4. The number of aromatic hydroxyl groups is 1. The normalized spacial score (nSPS) is 11.3. The molecule has 0 fully saturated rings. The molecule has 0 radical (unpaired) electrons. The van der Waals surface area contributed by atoms with Crippen molar-refractivity contribution >= 4 is 35.3 Å². The van der Waals surface area contributed by atoms with E-state index in [2.05, 4.69) is 4.99 Å². The lowest BCUT2D eigenvalue weighted by Crippen LogP contribution is -1.90. The van der Waals surface area contributed by atoms with Gasteiger partial charge in [0.15, 0.2) is 0 Å². The SMILES string of the molecule is O=[N+]([O-])c1ccccc1/C=C/C=Nc1cc(Cl)ccc1O. The lowest BCUT2D eigenvalue weighted by atomic mass is 10.1. The van der Waals surface area contributed by atoms with Gasteiger partial charge in [0, 0.05) is 17.3 Å². The molecule has 2 rings (SSSR count). The van der Waals surface area contributed by atoms with Gasteiger partial charge in [0.05, 0.1) is 10.5 Å². The van der Waals surface area contributed by atoms with Crippen molar-refractivity contribution in [2.24, 2.45) is 4.99 Å². The maximum absolute atomic E-state index is 10.8. The van der Waals surface area contributed by atoms with E-state index in [1.807, 2.05) is 0 Å². The van der Waals surface area contributed by atoms with Crippen molar-refractivity contribution < 1.29 is 10.0 Å². The Bertz CT molecular complexity index is 727. The Morgan fingerprint density at radius 3 is 2.76 bits per heavy atom. The molecular weight excluding hydrogens is 292 g/mol. The summed E-state index contributed by atoms with van der Waals surface area (Å²) in [5.74, 6) is 0.00902. The van der Waals surface area contributed by atoms with Gasteiger partial charge in [-0.3, -0.25) is 15.1 Å². The van der Waals surface area contributed by atoms with E-state index in [1.165, 1.54) is 24.4 Å². The van der Waals surface area contributed by atoms with Crippen LogP contribution in [-0.2, 0) is 0 Å². The number of hydrogen-bond donors (Lipinski definition) is 1. The van der Waals surface area contributed by atoms with E-state index in [0.717, 1.165) is 0 Å². The molecule has 5 nitrogen and oxygen atoms in total. The third kappa shape index (κ3) is 3.90. The predicted molar refractivity (Wildman–Crippen MR) is 83.4 cm³/mol. The molecule has 106 valence electrons. The van der Waals surface area contributed by atoms with Crippen LogP contribution in [0.4, 0.5) is 11.4 Å². The van der Waals surface area contributed by atoms with Crippen LogP contribution < -0.4 is 0 Å². The second kappa shape index (κ2) is 6.67. The van der Waals surface area contributed by atoms with E-state index in [1.54, 1.807) is 36.4 Å². The monoisotopic (exact) mass is 302 g/mol. The van der Waals surface area contributed by atoms with Crippen LogP contribution in [0.1, 0.15) is 5.56 Å². The zero-order valence-corrected chi connectivity index (χ0v) is 11.6. The zero-order valence-electron chi connectivity index (χ0n) is 10.8. The number of halogens is 1. The summed E-state index contributed by atoms with van der Waals surface area (Å²) in [5, 5.41) is 20.9. The second-order valence-corrected chi connectivity index (χ2v) is 4.52. The van der Waals surface area contributed by atoms with Gasteiger partial charge in [0.25, 0.3) is 5.69 Å². The Kier molecular flexibility index (Phi) is 4.68. The average Bonchev–Trinajstić information content (AvgIpc) is 2.47. The molecule has 0 aliphatic heterocycles. The number of hydrogen-bond acceptors (Lipinski definition) is 4. The molecule has 0 aliphatic rings. The minimum atomic E-state index is -0.445. The Hall–Kier alpha value is -2.66. The summed E-state index contributed by atoms with van der Waals surface area (Å²) >= 11 is 5.80. The number of nitrogens with zero attached hydrogens (tertiary/aromatic N) is 2. The summed E-state index contributed by atoms with van der Waals surface area (Å²) in [5.41, 5.74) is 0.826. The van der Waals surface area contributed by atoms with Gasteiger partial charge in [-0.25, -0.2) is 0 Å². The number of nitro groups is 1. The van der Waals surface area contributed by atoms with Crippen LogP contribution in [-0.4, -0.2) is 16.2 Å². The first-order chi connectivity index (χ1) is 10.1. The molecule has 0 saturated heterocycles. The number of phenolic OH excluding ortho intramolecular Hbond substituents is 1. The Morgan fingerprint density at radius 1 is 1.24 bits per heavy atom. The van der Waals surface area contributed by atoms with Gasteiger partial charge in [-0.05, 0) is 36.4 Å². The maximum Gasteiger partial charge on any atom is 0.276 e. The molecule has 0 spiro atoms. The van der Waals surface area contributed by atoms with Crippen LogP contribution in [0.15, 0.2) is 53.5 Å². The lowest BCUT2D eigenvalue weighted by Gasteiger charge is -1.98. The van der Waals surface area contributed by atoms with Gasteiger partial charge in [0.1, 0.15) is 11.4 Å². The van der Waals surface area contributed by atoms with Gasteiger partial charge < -0.3 is 5.11 Å². The molecule has 0 heterocycles. The number of benzene rings is 2. The average molecular weight is 303 g/mol. The number of phenols is 1. The molecule has 0 saturated carbocycles. The van der Waals surface area contributed by atoms with E-state index < -0.39 is 4.92 Å². The summed E-state index contributed by atoms with van der Waals surface area (Å²) in [7, 11) is 0. The van der Waals surface area contributed by atoms with Crippen LogP contribution in [0.2, 0.25) is 5.02 Å². The largest absolute Gasteiger partial charge is 0.506 e. The van der Waals surface area contributed by atoms with Crippen LogP contribution in [0.25, 0.3) is 6.08 Å². The molecule has 2 aromatic rings. The van der Waals surface area contributed by atoms with E-state index in [0.29, 0.717) is 16.3 Å². The molecule has 6 heteroatoms. The first-order valence-corrected chi connectivity index (χ1v) is 6.38. The van der Waals surface area contributed by atoms with Crippen LogP contribution >= 0.6 is 11.6 Å². The first-order valence-electron chi connectivity index (χ1n) is 6.00. The summed E-state index contributed by atoms with van der Waals surface area (Å²) < 4.78 is 0. The molecule has 1 N–H and O–H groups in total. The van der Waals surface area contributed by atoms with Crippen molar-refractivity contribution in [2.45, 2.75) is 0 Å². The van der Waals surface area contributed by atoms with E-state index in [9.17, 15) is 15.2 Å². The van der Waals surface area contributed by atoms with Crippen molar-refractivity contribution in [3.05, 3.63) is 69.2 Å². The van der Waals surface area contributed by atoms with Crippen LogP contribution in [0.5, 0.6) is 5.75 Å². The van der Waals surface area contributed by atoms with Crippen molar-refractivity contribution in [1.82, 2.24) is 0 Å². The predicted octanol–water partition coefficient (Wildman–Crippen LogP) is 4.37. The summed E-state index contributed by atoms with van der Waals surface area (Å²) in [6.45, 7) is 0. The Morgan fingerprint density at radius 2 is 2.00 bits per heavy atom. The number of rotatable bonds is 4. The van der Waals surface area contributed by atoms with Gasteiger partial charge in [-0.15, -0.1) is 0 Å². The Labute approximate surface area is 126 Å². The third-order valence-corrected chi connectivity index (χ3v) is 2.88. The fourth-order valence-corrected chi connectivity index (χ4v) is 1.83. The number of aliphatic imine (C=N–C) groups is 1. The molecular formula is C15H11ClN2O3. The molecule has 0 amide bonds.